The van der Waals surface area contributed by atoms with Gasteiger partial charge in [-0.3, -0.25) is 10.1 Å². The fourth-order valence-corrected chi connectivity index (χ4v) is 5.12. The van der Waals surface area contributed by atoms with Crippen LogP contribution >= 0.6 is 11.3 Å². The number of thiophene rings is 1. The molecule has 4 N–H and O–H groups in total. The number of rotatable bonds is 4. The zero-order chi connectivity index (χ0) is 22.6. The summed E-state index contributed by atoms with van der Waals surface area (Å²) in [6.07, 6.45) is 5.35. The van der Waals surface area contributed by atoms with Crippen LogP contribution in [0.4, 0.5) is 5.82 Å². The lowest BCUT2D eigenvalue weighted by molar-refractivity contribution is 0.514. The number of hydrogen-bond donors (Lipinski definition) is 3. The van der Waals surface area contributed by atoms with E-state index in [9.17, 15) is 0 Å². The topological polar surface area (TPSA) is 125 Å². The number of benzene rings is 1. The van der Waals surface area contributed by atoms with Crippen LogP contribution in [0.15, 0.2) is 60.4 Å². The molecule has 0 saturated carbocycles. The van der Waals surface area contributed by atoms with Gasteiger partial charge in [0.1, 0.15) is 11.5 Å². The van der Waals surface area contributed by atoms with E-state index in [1.807, 2.05) is 24.3 Å². The Kier molecular flexibility index (Phi) is 4.23. The molecule has 0 amide bonds. The van der Waals surface area contributed by atoms with E-state index >= 15 is 0 Å². The largest absolute Gasteiger partial charge is 0.352 e. The predicted molar refractivity (Wildman–Crippen MR) is 134 cm³/mol. The lowest BCUT2D eigenvalue weighted by Gasteiger charge is -2.37. The smallest absolute Gasteiger partial charge is 0.178 e. The monoisotopic (exact) mass is 465 g/mol. The van der Waals surface area contributed by atoms with Crippen molar-refractivity contribution < 1.29 is 0 Å². The molecule has 0 unspecified atom stereocenters. The van der Waals surface area contributed by atoms with Gasteiger partial charge in [0.2, 0.25) is 0 Å². The number of nitrogens with zero attached hydrogens (tertiary/aromatic N) is 6. The van der Waals surface area contributed by atoms with Gasteiger partial charge in [0.25, 0.3) is 0 Å². The van der Waals surface area contributed by atoms with Gasteiger partial charge in [0, 0.05) is 46.7 Å². The maximum atomic E-state index is 5.93. The van der Waals surface area contributed by atoms with E-state index in [1.54, 1.807) is 29.9 Å². The van der Waals surface area contributed by atoms with Gasteiger partial charge in [-0.05, 0) is 29.6 Å². The van der Waals surface area contributed by atoms with Crippen LogP contribution in [0.25, 0.3) is 55.3 Å². The lowest BCUT2D eigenvalue weighted by Crippen LogP contribution is -2.56. The minimum absolute atomic E-state index is 0.203. The Morgan fingerprint density at radius 2 is 2.03 bits per heavy atom. The third-order valence-corrected chi connectivity index (χ3v) is 7.02. The molecule has 0 radical (unpaired) electrons. The van der Waals surface area contributed by atoms with Gasteiger partial charge >= 0.3 is 0 Å². The van der Waals surface area contributed by atoms with E-state index in [0.29, 0.717) is 11.5 Å². The molecule has 10 heteroatoms. The highest BCUT2D eigenvalue weighted by atomic mass is 32.1. The van der Waals surface area contributed by atoms with E-state index in [1.165, 1.54) is 4.88 Å². The average molecular weight is 466 g/mol. The number of nitrogens with one attached hydrogen (secondary N) is 2. The maximum Gasteiger partial charge on any atom is 0.178 e. The normalized spacial score (nSPS) is 14.2. The first-order chi connectivity index (χ1) is 16.7. The molecule has 6 aromatic rings. The summed E-state index contributed by atoms with van der Waals surface area (Å²) in [5, 5.41) is 10.7. The zero-order valence-corrected chi connectivity index (χ0v) is 18.8. The van der Waals surface area contributed by atoms with Crippen molar-refractivity contribution in [1.82, 2.24) is 35.1 Å². The van der Waals surface area contributed by atoms with Gasteiger partial charge in [-0.1, -0.05) is 12.1 Å². The molecule has 34 heavy (non-hydrogen) atoms. The molecule has 1 aliphatic rings. The third-order valence-electron chi connectivity index (χ3n) is 6.12. The number of imidazole rings is 1. The van der Waals surface area contributed by atoms with Crippen molar-refractivity contribution in [2.24, 2.45) is 5.73 Å². The first kappa shape index (κ1) is 19.3. The Balaban J connectivity index is 1.31. The highest BCUT2D eigenvalue weighted by Gasteiger charge is 2.24. The fraction of sp³-hybridized carbons (Fsp3) is 0.125. The van der Waals surface area contributed by atoms with Crippen molar-refractivity contribution in [2.45, 2.75) is 6.04 Å². The van der Waals surface area contributed by atoms with Crippen LogP contribution in [0.1, 0.15) is 0 Å². The molecule has 9 nitrogen and oxygen atoms in total. The van der Waals surface area contributed by atoms with Crippen LogP contribution in [0.2, 0.25) is 0 Å². The molecule has 0 spiro atoms. The van der Waals surface area contributed by atoms with Crippen molar-refractivity contribution in [2.75, 3.05) is 18.0 Å². The van der Waals surface area contributed by atoms with Crippen molar-refractivity contribution in [1.29, 1.82) is 0 Å². The van der Waals surface area contributed by atoms with Crippen LogP contribution in [-0.4, -0.2) is 54.2 Å². The van der Waals surface area contributed by atoms with E-state index in [4.69, 9.17) is 15.7 Å². The van der Waals surface area contributed by atoms with Crippen LogP contribution in [-0.2, 0) is 0 Å². The predicted octanol–water partition coefficient (Wildman–Crippen LogP) is 3.83. The Bertz CT molecular complexity index is 1640. The number of anilines is 1. The van der Waals surface area contributed by atoms with E-state index < -0.39 is 0 Å². The molecule has 1 aromatic carbocycles. The molecule has 7 rings (SSSR count). The van der Waals surface area contributed by atoms with Gasteiger partial charge in [0.15, 0.2) is 11.5 Å². The zero-order valence-electron chi connectivity index (χ0n) is 17.9. The van der Waals surface area contributed by atoms with E-state index in [0.717, 1.165) is 57.8 Å². The number of pyridine rings is 1. The summed E-state index contributed by atoms with van der Waals surface area (Å²) in [5.74, 6) is 1.51. The van der Waals surface area contributed by atoms with Gasteiger partial charge in [0.05, 0.1) is 29.1 Å². The van der Waals surface area contributed by atoms with Gasteiger partial charge in [-0.25, -0.2) is 15.0 Å². The van der Waals surface area contributed by atoms with Crippen LogP contribution in [0, 0.1) is 0 Å². The SMILES string of the molecule is NC1CN(c2cncc(-c3ccc4[nH]nc(-c5nc6nccc(-c7cccs7)c6[nH]5)c4c3)n2)C1. The van der Waals surface area contributed by atoms with Crippen molar-refractivity contribution >= 4 is 39.2 Å². The molecule has 1 fully saturated rings. The summed E-state index contributed by atoms with van der Waals surface area (Å²) < 4.78 is 0. The summed E-state index contributed by atoms with van der Waals surface area (Å²) in [5.41, 5.74) is 12.0. The molecule has 0 bridgehead atoms. The van der Waals surface area contributed by atoms with E-state index in [2.05, 4.69) is 47.6 Å². The number of fused-ring (bicyclic) bond motifs is 2. The first-order valence-corrected chi connectivity index (χ1v) is 11.8. The van der Waals surface area contributed by atoms with Gasteiger partial charge < -0.3 is 15.6 Å². The van der Waals surface area contributed by atoms with Gasteiger partial charge in [-0.2, -0.15) is 5.10 Å². The number of H-pyrrole nitrogens is 2. The van der Waals surface area contributed by atoms with Crippen molar-refractivity contribution in [3.05, 3.63) is 60.4 Å². The number of aromatic nitrogens is 7. The summed E-state index contributed by atoms with van der Waals surface area (Å²) >= 11 is 1.69. The van der Waals surface area contributed by atoms with Gasteiger partial charge in [-0.15, -0.1) is 11.3 Å². The second-order valence-electron chi connectivity index (χ2n) is 8.38. The van der Waals surface area contributed by atoms with Crippen molar-refractivity contribution in [3.8, 4) is 33.2 Å². The number of nitrogens with two attached hydrogens (primary N) is 1. The standard InChI is InChI=1S/C24H19N9S/c25-14-11-33(12-14)20-10-26-9-18(28-20)13-3-4-17-16(8-13)22(32-31-17)24-29-21-15(19-2-1-7-34-19)5-6-27-23(21)30-24/h1-10,14H,11-12,25H2,(H,31,32)(H,27,29,30). The first-order valence-electron chi connectivity index (χ1n) is 10.9. The molecule has 5 aromatic heterocycles. The highest BCUT2D eigenvalue weighted by molar-refractivity contribution is 7.13. The molecular weight excluding hydrogens is 446 g/mol. The molecular formula is C24H19N9S. The third kappa shape index (κ3) is 3.07. The van der Waals surface area contributed by atoms with Crippen LogP contribution in [0.3, 0.4) is 0 Å². The maximum absolute atomic E-state index is 5.93. The summed E-state index contributed by atoms with van der Waals surface area (Å²) in [4.78, 5) is 25.2. The Hall–Kier alpha value is -4.15. The highest BCUT2D eigenvalue weighted by Crippen LogP contribution is 2.33. The van der Waals surface area contributed by atoms with Crippen molar-refractivity contribution in [3.63, 3.8) is 0 Å². The fourth-order valence-electron chi connectivity index (χ4n) is 4.36. The Morgan fingerprint density at radius 1 is 1.09 bits per heavy atom. The van der Waals surface area contributed by atoms with Crippen LogP contribution in [0.5, 0.6) is 0 Å². The second-order valence-corrected chi connectivity index (χ2v) is 9.33. The molecule has 1 saturated heterocycles. The summed E-state index contributed by atoms with van der Waals surface area (Å²) in [7, 11) is 0. The summed E-state index contributed by atoms with van der Waals surface area (Å²) in [6, 6.07) is 12.5. The average Bonchev–Trinajstić information content (AvgIpc) is 3.60. The molecule has 1 aliphatic heterocycles. The quantitative estimate of drug-likeness (QED) is 0.361. The van der Waals surface area contributed by atoms with Crippen LogP contribution < -0.4 is 10.6 Å². The van der Waals surface area contributed by atoms with E-state index in [-0.39, 0.29) is 6.04 Å². The summed E-state index contributed by atoms with van der Waals surface area (Å²) in [6.45, 7) is 1.60. The minimum Gasteiger partial charge on any atom is -0.352 e. The number of hydrogen-bond acceptors (Lipinski definition) is 8. The Morgan fingerprint density at radius 3 is 2.88 bits per heavy atom. The molecule has 0 aliphatic carbocycles. The molecule has 6 heterocycles. The number of aromatic amines is 2. The molecule has 166 valence electrons. The molecule has 0 atom stereocenters. The Labute approximate surface area is 197 Å². The minimum atomic E-state index is 0.203. The second kappa shape index (κ2) is 7.44. The lowest BCUT2D eigenvalue weighted by atomic mass is 10.1.